The maximum absolute atomic E-state index is 7.47. The summed E-state index contributed by atoms with van der Waals surface area (Å²) < 4.78 is 21.8. The molecule has 1 unspecified atom stereocenters. The van der Waals surface area contributed by atoms with E-state index in [0.717, 1.165) is 151 Å². The van der Waals surface area contributed by atoms with Crippen molar-refractivity contribution in [3.63, 3.8) is 0 Å². The van der Waals surface area contributed by atoms with Gasteiger partial charge in [0.25, 0.3) is 0 Å². The summed E-state index contributed by atoms with van der Waals surface area (Å²) in [5, 5.41) is 1.70. The van der Waals surface area contributed by atoms with Crippen molar-refractivity contribution < 1.29 is 13.9 Å². The molecule has 16 aromatic carbocycles. The van der Waals surface area contributed by atoms with Crippen LogP contribution in [0.15, 0.2) is 368 Å². The van der Waals surface area contributed by atoms with E-state index in [-0.39, 0.29) is 0 Å². The summed E-state index contributed by atoms with van der Waals surface area (Å²) in [6.07, 6.45) is 0. The van der Waals surface area contributed by atoms with Crippen molar-refractivity contribution in [1.82, 2.24) is 29.9 Å². The summed E-state index contributed by atoms with van der Waals surface area (Å²) in [6, 6.07) is 129. The highest BCUT2D eigenvalue weighted by Crippen LogP contribution is 2.68. The molecule has 2 aliphatic heterocycles. The van der Waals surface area contributed by atoms with Gasteiger partial charge in [-0.3, -0.25) is 0 Å². The number of ether oxygens (including phenoxy) is 2. The fourth-order valence-electron chi connectivity index (χ4n) is 19.8. The third-order valence-electron chi connectivity index (χ3n) is 25.0. The van der Waals surface area contributed by atoms with Gasteiger partial charge >= 0.3 is 0 Å². The van der Waals surface area contributed by atoms with Crippen molar-refractivity contribution in [2.75, 3.05) is 0 Å². The lowest BCUT2D eigenvalue weighted by Gasteiger charge is -2.40. The van der Waals surface area contributed by atoms with E-state index in [1.807, 2.05) is 48.5 Å². The van der Waals surface area contributed by atoms with E-state index >= 15 is 0 Å². The van der Waals surface area contributed by atoms with E-state index < -0.39 is 16.2 Å². The molecule has 5 aliphatic rings. The van der Waals surface area contributed by atoms with Crippen molar-refractivity contribution in [2.45, 2.75) is 30.1 Å². The Balaban J connectivity index is 0.638. The molecule has 0 fully saturated rings. The Labute approximate surface area is 669 Å². The van der Waals surface area contributed by atoms with Gasteiger partial charge < -0.3 is 13.9 Å². The van der Waals surface area contributed by atoms with Gasteiger partial charge in [-0.15, -0.1) is 0 Å². The summed E-state index contributed by atoms with van der Waals surface area (Å²) in [5.41, 5.74) is 29.7. The van der Waals surface area contributed by atoms with Gasteiger partial charge in [0.2, 0.25) is 0 Å². The molecule has 5 heterocycles. The standard InChI is InChI=1S/C107H66N6O3/c1-105(2)85-40-22-33-76(93(85)95-86(105)58-59-87-97(95)115-89-41-20-18-38-83(89)106(87)79-35-15-12-30-73(79)74-31-13-16-36-80(74)106)103-111-101(70-52-46-66(47-53-70)64-26-8-4-9-27-64)109-102(112-103)71-54-48-67(49-55-71)72-56-57-82-78(62-72)75-32-14-17-37-81(75)107(82)84-39-19-21-42-90(84)116-98-88(107)60-61-92-96(98)94-77(34-23-43-91(94)114-92)104-110-99(68-28-10-5-11-29-68)108-100(113-104)69-50-44-65(45-51-69)63-24-6-3-7-25-63/h3-62H,1-2H3. The zero-order chi connectivity index (χ0) is 76.5. The topological polar surface area (TPSA) is 109 Å². The number of fused-ring (bicyclic) bond motifs is 26. The van der Waals surface area contributed by atoms with Crippen LogP contribution in [0.1, 0.15) is 69.5 Å². The highest BCUT2D eigenvalue weighted by atomic mass is 16.5. The molecule has 1 atom stereocenters. The maximum Gasteiger partial charge on any atom is 0.164 e. The van der Waals surface area contributed by atoms with Gasteiger partial charge in [0, 0.05) is 77.6 Å². The maximum atomic E-state index is 7.47. The molecule has 3 aromatic heterocycles. The number of benzene rings is 16. The number of aromatic nitrogens is 6. The predicted molar refractivity (Wildman–Crippen MR) is 462 cm³/mol. The first-order chi connectivity index (χ1) is 57.2. The number of hydrogen-bond acceptors (Lipinski definition) is 9. The molecule has 2 spiro atoms. The van der Waals surface area contributed by atoms with Gasteiger partial charge in [-0.2, -0.15) is 0 Å². The number of hydrogen-bond donors (Lipinski definition) is 0. The molecule has 19 aromatic rings. The second-order valence-electron chi connectivity index (χ2n) is 31.4. The lowest BCUT2D eigenvalue weighted by molar-refractivity contribution is 0.437. The van der Waals surface area contributed by atoms with E-state index in [2.05, 4.69) is 329 Å². The molecular weight excluding hydrogens is 1420 g/mol. The first kappa shape index (κ1) is 65.6. The highest BCUT2D eigenvalue weighted by Gasteiger charge is 2.55. The smallest absolute Gasteiger partial charge is 0.164 e. The fourth-order valence-corrected chi connectivity index (χ4v) is 19.8. The van der Waals surface area contributed by atoms with Gasteiger partial charge in [0.15, 0.2) is 34.9 Å². The van der Waals surface area contributed by atoms with Crippen LogP contribution in [-0.2, 0) is 16.2 Å². The minimum absolute atomic E-state index is 0.417. The Bertz CT molecular complexity index is 7300. The van der Waals surface area contributed by atoms with E-state index in [1.54, 1.807) is 0 Å². The molecule has 9 nitrogen and oxygen atoms in total. The summed E-state index contributed by atoms with van der Waals surface area (Å²) in [5.74, 6) is 6.53. The molecule has 0 radical (unpaired) electrons. The van der Waals surface area contributed by atoms with Gasteiger partial charge in [-0.1, -0.05) is 341 Å². The lowest BCUT2D eigenvalue weighted by Crippen LogP contribution is -2.32. The first-order valence-electron chi connectivity index (χ1n) is 39.5. The molecule has 0 saturated heterocycles. The average molecular weight is 1480 g/mol. The second kappa shape index (κ2) is 25.0. The van der Waals surface area contributed by atoms with Crippen LogP contribution in [0.25, 0.3) is 157 Å². The van der Waals surface area contributed by atoms with Crippen molar-refractivity contribution in [1.29, 1.82) is 0 Å². The van der Waals surface area contributed by atoms with Crippen LogP contribution in [0.5, 0.6) is 23.0 Å². The summed E-state index contributed by atoms with van der Waals surface area (Å²) in [6.45, 7) is 4.67. The molecular formula is C107H66N6O3. The lowest BCUT2D eigenvalue weighted by atomic mass is 9.65. The van der Waals surface area contributed by atoms with Crippen LogP contribution in [0.2, 0.25) is 0 Å². The quantitative estimate of drug-likeness (QED) is 0.140. The molecule has 0 amide bonds. The summed E-state index contributed by atoms with van der Waals surface area (Å²) in [4.78, 5) is 32.4. The summed E-state index contributed by atoms with van der Waals surface area (Å²) in [7, 11) is 0. The second-order valence-corrected chi connectivity index (χ2v) is 31.4. The van der Waals surface area contributed by atoms with Crippen LogP contribution in [-0.4, -0.2) is 29.9 Å². The first-order valence-corrected chi connectivity index (χ1v) is 39.5. The van der Waals surface area contributed by atoms with Crippen molar-refractivity contribution in [3.05, 3.63) is 420 Å². The van der Waals surface area contributed by atoms with Crippen LogP contribution in [0, 0.1) is 0 Å². The zero-order valence-corrected chi connectivity index (χ0v) is 63.0. The fraction of sp³-hybridized carbons (Fsp3) is 0.0467. The van der Waals surface area contributed by atoms with Crippen LogP contribution >= 0.6 is 0 Å². The Kier molecular flexibility index (Phi) is 14.1. The van der Waals surface area contributed by atoms with Gasteiger partial charge in [0.1, 0.15) is 34.2 Å². The van der Waals surface area contributed by atoms with Crippen molar-refractivity contribution in [2.24, 2.45) is 0 Å². The van der Waals surface area contributed by atoms with E-state index in [0.29, 0.717) is 46.1 Å². The monoisotopic (exact) mass is 1480 g/mol. The average Bonchev–Trinajstić information content (AvgIpc) is 1.50. The van der Waals surface area contributed by atoms with E-state index in [9.17, 15) is 0 Å². The van der Waals surface area contributed by atoms with Gasteiger partial charge in [0.05, 0.1) is 16.2 Å². The minimum atomic E-state index is -0.807. The van der Waals surface area contributed by atoms with E-state index in [1.165, 1.54) is 38.9 Å². The molecule has 0 bridgehead atoms. The van der Waals surface area contributed by atoms with E-state index in [4.69, 9.17) is 43.8 Å². The molecule has 24 rings (SSSR count). The molecule has 0 saturated carbocycles. The van der Waals surface area contributed by atoms with Crippen LogP contribution < -0.4 is 9.47 Å². The number of nitrogens with zero attached hydrogens (tertiary/aromatic N) is 6. The largest absolute Gasteiger partial charge is 0.456 e. The Hall–Kier alpha value is -15.1. The molecule has 542 valence electrons. The normalized spacial score (nSPS) is 14.8. The van der Waals surface area contributed by atoms with Gasteiger partial charge in [-0.25, -0.2) is 29.9 Å². The number of rotatable bonds is 9. The zero-order valence-electron chi connectivity index (χ0n) is 63.0. The Morgan fingerprint density at radius 1 is 0.207 bits per heavy atom. The van der Waals surface area contributed by atoms with Crippen molar-refractivity contribution in [3.8, 4) is 158 Å². The number of para-hydroxylation sites is 2. The third kappa shape index (κ3) is 9.45. The van der Waals surface area contributed by atoms with Crippen molar-refractivity contribution >= 4 is 21.9 Å². The molecule has 3 aliphatic carbocycles. The third-order valence-corrected chi connectivity index (χ3v) is 25.0. The SMILES string of the molecule is CC1(C)c2cccc(-c3nc(-c4ccc(-c5ccccc5)cc4)nc(-c4ccc(-c5ccc6c(c5)-c5ccccc5C65c6ccccc6Oc6c5ccc5oc7cccc(-c8nc(-c9ccccc9)nc(-c9ccc(-c%10ccccc%10)cc9)n8)c7c65)cc4)n3)c2-c2c1ccc1c2Oc2ccccc2C12c1ccccc1-c1ccccc12. The molecule has 9 heteroatoms. The Morgan fingerprint density at radius 3 is 1.08 bits per heavy atom. The highest BCUT2D eigenvalue weighted by molar-refractivity contribution is 6.16. The Morgan fingerprint density at radius 2 is 0.534 bits per heavy atom. The molecule has 116 heavy (non-hydrogen) atoms. The number of furan rings is 1. The van der Waals surface area contributed by atoms with Gasteiger partial charge in [-0.05, 0) is 125 Å². The summed E-state index contributed by atoms with van der Waals surface area (Å²) >= 11 is 0. The minimum Gasteiger partial charge on any atom is -0.456 e. The molecule has 0 N–H and O–H groups in total. The van der Waals surface area contributed by atoms with Crippen LogP contribution in [0.4, 0.5) is 0 Å². The van der Waals surface area contributed by atoms with Crippen LogP contribution in [0.3, 0.4) is 0 Å². The predicted octanol–water partition coefficient (Wildman–Crippen LogP) is 26.2.